The monoisotopic (exact) mass is 267 g/mol. The van der Waals surface area contributed by atoms with E-state index < -0.39 is 11.4 Å². The number of hydrogen-bond acceptors (Lipinski definition) is 5. The highest BCUT2D eigenvalue weighted by Crippen LogP contribution is 2.31. The van der Waals surface area contributed by atoms with Crippen LogP contribution in [0, 0.1) is 5.41 Å². The van der Waals surface area contributed by atoms with Gasteiger partial charge in [-0.2, -0.15) is 0 Å². The smallest absolute Gasteiger partial charge is 0.357 e. The molecule has 0 spiro atoms. The molecule has 2 aliphatic rings. The van der Waals surface area contributed by atoms with Crippen LogP contribution in [0.4, 0.5) is 0 Å². The Balaban J connectivity index is 1.79. The third-order valence-electron chi connectivity index (χ3n) is 3.49. The molecular weight excluding hydrogens is 246 g/mol. The Morgan fingerprint density at radius 2 is 2.05 bits per heavy atom. The van der Waals surface area contributed by atoms with Crippen molar-refractivity contribution in [1.82, 2.24) is 4.90 Å². The topological polar surface area (TPSA) is 55.8 Å². The molecule has 0 radical (unpaired) electrons. The van der Waals surface area contributed by atoms with Crippen LogP contribution in [-0.2, 0) is 19.1 Å². The molecule has 0 aromatic rings. The van der Waals surface area contributed by atoms with Crippen LogP contribution in [0.5, 0.6) is 0 Å². The zero-order chi connectivity index (χ0) is 14.0. The molecule has 5 heteroatoms. The standard InChI is InChI=1S/C14H21NO4/c1-14(2,3)13(17)19-9-18-12(16)11-6-4-5-10-7-8-15(10)11/h6,10H,4-5,7-9H2,1-3H3. The Bertz CT molecular complexity index is 408. The first-order valence-corrected chi connectivity index (χ1v) is 6.71. The quantitative estimate of drug-likeness (QED) is 0.577. The average Bonchev–Trinajstić information content (AvgIpc) is 2.28. The summed E-state index contributed by atoms with van der Waals surface area (Å²) >= 11 is 0. The van der Waals surface area contributed by atoms with Crippen LogP contribution < -0.4 is 0 Å². The second-order valence-electron chi connectivity index (χ2n) is 6.03. The fraction of sp³-hybridized carbons (Fsp3) is 0.714. The molecule has 0 aliphatic carbocycles. The van der Waals surface area contributed by atoms with Crippen LogP contribution in [0.15, 0.2) is 11.8 Å². The van der Waals surface area contributed by atoms with E-state index in [1.807, 2.05) is 6.08 Å². The van der Waals surface area contributed by atoms with Gasteiger partial charge in [0.1, 0.15) is 5.70 Å². The molecule has 1 unspecified atom stereocenters. The van der Waals surface area contributed by atoms with Crippen LogP contribution >= 0.6 is 0 Å². The van der Waals surface area contributed by atoms with Crippen molar-refractivity contribution in [2.24, 2.45) is 5.41 Å². The van der Waals surface area contributed by atoms with E-state index in [4.69, 9.17) is 9.47 Å². The summed E-state index contributed by atoms with van der Waals surface area (Å²) in [7, 11) is 0. The van der Waals surface area contributed by atoms with Crippen LogP contribution in [0.2, 0.25) is 0 Å². The third kappa shape index (κ3) is 3.08. The SMILES string of the molecule is CC(C)(C)C(=O)OCOC(=O)C1=CCCC2CCN12. The summed E-state index contributed by atoms with van der Waals surface area (Å²) in [6.45, 7) is 5.86. The number of nitrogens with zero attached hydrogens (tertiary/aromatic N) is 1. The van der Waals surface area contributed by atoms with E-state index in [1.54, 1.807) is 20.8 Å². The van der Waals surface area contributed by atoms with Crippen molar-refractivity contribution < 1.29 is 19.1 Å². The van der Waals surface area contributed by atoms with Crippen molar-refractivity contribution >= 4 is 11.9 Å². The van der Waals surface area contributed by atoms with Gasteiger partial charge in [0.15, 0.2) is 0 Å². The number of allylic oxidation sites excluding steroid dienone is 1. The predicted molar refractivity (Wildman–Crippen MR) is 68.9 cm³/mol. The lowest BCUT2D eigenvalue weighted by molar-refractivity contribution is -0.172. The van der Waals surface area contributed by atoms with E-state index >= 15 is 0 Å². The summed E-state index contributed by atoms with van der Waals surface area (Å²) in [5.74, 6) is -0.772. The summed E-state index contributed by atoms with van der Waals surface area (Å²) in [6.07, 6.45) is 5.07. The molecule has 1 atom stereocenters. The molecule has 0 aromatic heterocycles. The van der Waals surface area contributed by atoms with Crippen LogP contribution in [0.3, 0.4) is 0 Å². The molecule has 19 heavy (non-hydrogen) atoms. The van der Waals surface area contributed by atoms with Gasteiger partial charge in [-0.15, -0.1) is 0 Å². The van der Waals surface area contributed by atoms with Gasteiger partial charge in [0, 0.05) is 12.6 Å². The van der Waals surface area contributed by atoms with Gasteiger partial charge in [-0.25, -0.2) is 4.79 Å². The molecule has 0 aromatic carbocycles. The zero-order valence-corrected chi connectivity index (χ0v) is 11.8. The number of fused-ring (bicyclic) bond motifs is 1. The van der Waals surface area contributed by atoms with Crippen LogP contribution in [0.1, 0.15) is 40.0 Å². The summed E-state index contributed by atoms with van der Waals surface area (Å²) in [6, 6.07) is 0.490. The van der Waals surface area contributed by atoms with Gasteiger partial charge in [-0.3, -0.25) is 4.79 Å². The van der Waals surface area contributed by atoms with Crippen molar-refractivity contribution in [3.05, 3.63) is 11.8 Å². The minimum absolute atomic E-state index is 0.315. The van der Waals surface area contributed by atoms with Crippen molar-refractivity contribution in [3.63, 3.8) is 0 Å². The zero-order valence-electron chi connectivity index (χ0n) is 11.8. The summed E-state index contributed by atoms with van der Waals surface area (Å²) in [5.41, 5.74) is 0.0355. The first-order valence-electron chi connectivity index (χ1n) is 6.71. The van der Waals surface area contributed by atoms with Gasteiger partial charge < -0.3 is 14.4 Å². The molecule has 0 bridgehead atoms. The van der Waals surface area contributed by atoms with E-state index in [2.05, 4.69) is 4.90 Å². The highest BCUT2D eigenvalue weighted by atomic mass is 16.7. The number of esters is 2. The summed E-state index contributed by atoms with van der Waals surface area (Å²) in [5, 5.41) is 0. The molecule has 1 saturated heterocycles. The number of carbonyl (C=O) groups excluding carboxylic acids is 2. The number of carbonyl (C=O) groups is 2. The molecule has 1 fully saturated rings. The van der Waals surface area contributed by atoms with Gasteiger partial charge in [0.25, 0.3) is 0 Å². The average molecular weight is 267 g/mol. The third-order valence-corrected chi connectivity index (χ3v) is 3.49. The van der Waals surface area contributed by atoms with Crippen LogP contribution in [-0.4, -0.2) is 36.2 Å². The van der Waals surface area contributed by atoms with Crippen LogP contribution in [0.25, 0.3) is 0 Å². The number of ether oxygens (including phenoxy) is 2. The van der Waals surface area contributed by atoms with Gasteiger partial charge in [0.2, 0.25) is 6.79 Å². The largest absolute Gasteiger partial charge is 0.427 e. The van der Waals surface area contributed by atoms with Crippen molar-refractivity contribution in [2.45, 2.75) is 46.1 Å². The highest BCUT2D eigenvalue weighted by Gasteiger charge is 2.35. The molecule has 0 N–H and O–H groups in total. The van der Waals surface area contributed by atoms with Crippen molar-refractivity contribution in [1.29, 1.82) is 0 Å². The Morgan fingerprint density at radius 1 is 1.32 bits per heavy atom. The minimum atomic E-state index is -0.584. The van der Waals surface area contributed by atoms with E-state index in [1.165, 1.54) is 0 Å². The van der Waals surface area contributed by atoms with Gasteiger partial charge in [-0.05, 0) is 40.0 Å². The van der Waals surface area contributed by atoms with Gasteiger partial charge >= 0.3 is 11.9 Å². The summed E-state index contributed by atoms with van der Waals surface area (Å²) < 4.78 is 9.93. The van der Waals surface area contributed by atoms with E-state index in [0.717, 1.165) is 25.8 Å². The fourth-order valence-corrected chi connectivity index (χ4v) is 2.22. The predicted octanol–water partition coefficient (Wildman–Crippen LogP) is 1.83. The Hall–Kier alpha value is -1.52. The van der Waals surface area contributed by atoms with Gasteiger partial charge in [-0.1, -0.05) is 6.08 Å². The second kappa shape index (κ2) is 5.23. The minimum Gasteiger partial charge on any atom is -0.427 e. The lowest BCUT2D eigenvalue weighted by Crippen LogP contribution is -2.50. The maximum Gasteiger partial charge on any atom is 0.357 e. The lowest BCUT2D eigenvalue weighted by Gasteiger charge is -2.45. The molecule has 2 rings (SSSR count). The Labute approximate surface area is 113 Å². The van der Waals surface area contributed by atoms with E-state index in [-0.39, 0.29) is 12.8 Å². The van der Waals surface area contributed by atoms with Crippen molar-refractivity contribution in [2.75, 3.05) is 13.3 Å². The Morgan fingerprint density at radius 3 is 2.63 bits per heavy atom. The second-order valence-corrected chi connectivity index (χ2v) is 6.03. The number of hydrogen-bond donors (Lipinski definition) is 0. The molecular formula is C14H21NO4. The van der Waals surface area contributed by atoms with E-state index in [0.29, 0.717) is 11.7 Å². The highest BCUT2D eigenvalue weighted by molar-refractivity contribution is 5.88. The number of rotatable bonds is 3. The molecule has 106 valence electrons. The molecule has 0 amide bonds. The fourth-order valence-electron chi connectivity index (χ4n) is 2.22. The normalized spacial score (nSPS) is 21.9. The van der Waals surface area contributed by atoms with Gasteiger partial charge in [0.05, 0.1) is 5.41 Å². The first-order chi connectivity index (χ1) is 8.89. The molecule has 0 saturated carbocycles. The molecule has 2 heterocycles. The molecule has 5 nitrogen and oxygen atoms in total. The first kappa shape index (κ1) is 13.9. The summed E-state index contributed by atoms with van der Waals surface area (Å²) in [4.78, 5) is 25.5. The maximum atomic E-state index is 11.9. The molecule has 2 aliphatic heterocycles. The Kier molecular flexibility index (Phi) is 3.83. The maximum absolute atomic E-state index is 11.9. The van der Waals surface area contributed by atoms with E-state index in [9.17, 15) is 9.59 Å². The van der Waals surface area contributed by atoms with Crippen molar-refractivity contribution in [3.8, 4) is 0 Å². The lowest BCUT2D eigenvalue weighted by atomic mass is 9.93.